The van der Waals surface area contributed by atoms with Crippen LogP contribution in [0.2, 0.25) is 0 Å². The molecule has 2 bridgehead atoms. The summed E-state index contributed by atoms with van der Waals surface area (Å²) in [5.41, 5.74) is 6.76. The van der Waals surface area contributed by atoms with Crippen molar-refractivity contribution < 1.29 is 0 Å². The van der Waals surface area contributed by atoms with E-state index in [1.165, 1.54) is 25.7 Å². The SMILES string of the molecule is Nc1cc(NCC2CC3CCC2C3)ccn1. The van der Waals surface area contributed by atoms with Gasteiger partial charge in [-0.2, -0.15) is 0 Å². The van der Waals surface area contributed by atoms with E-state index in [0.717, 1.165) is 30.0 Å². The Morgan fingerprint density at radius 1 is 1.38 bits per heavy atom. The number of fused-ring (bicyclic) bond motifs is 2. The molecule has 2 aliphatic rings. The number of nitrogens with zero attached hydrogens (tertiary/aromatic N) is 1. The van der Waals surface area contributed by atoms with Crippen LogP contribution in [0.1, 0.15) is 25.7 Å². The molecule has 1 aromatic rings. The van der Waals surface area contributed by atoms with Crippen molar-refractivity contribution in [1.29, 1.82) is 0 Å². The molecule has 0 aliphatic heterocycles. The molecular formula is C13H19N3. The first kappa shape index (κ1) is 9.94. The second-order valence-corrected chi connectivity index (χ2v) is 5.29. The van der Waals surface area contributed by atoms with Crippen molar-refractivity contribution >= 4 is 11.5 Å². The zero-order valence-electron chi connectivity index (χ0n) is 9.52. The lowest BCUT2D eigenvalue weighted by molar-refractivity contribution is 0.348. The summed E-state index contributed by atoms with van der Waals surface area (Å²) in [6.07, 6.45) is 7.60. The zero-order valence-corrected chi connectivity index (χ0v) is 9.52. The highest BCUT2D eigenvalue weighted by molar-refractivity contribution is 5.49. The highest BCUT2D eigenvalue weighted by Gasteiger charge is 2.38. The summed E-state index contributed by atoms with van der Waals surface area (Å²) in [7, 11) is 0. The fourth-order valence-corrected chi connectivity index (χ4v) is 3.43. The molecule has 86 valence electrons. The van der Waals surface area contributed by atoms with Gasteiger partial charge in [-0.05, 0) is 43.1 Å². The highest BCUT2D eigenvalue weighted by atomic mass is 14.9. The highest BCUT2D eigenvalue weighted by Crippen LogP contribution is 2.48. The van der Waals surface area contributed by atoms with E-state index < -0.39 is 0 Å². The van der Waals surface area contributed by atoms with Crippen LogP contribution in [0, 0.1) is 17.8 Å². The van der Waals surface area contributed by atoms with Gasteiger partial charge in [-0.3, -0.25) is 0 Å². The lowest BCUT2D eigenvalue weighted by Gasteiger charge is -2.22. The molecule has 0 amide bonds. The summed E-state index contributed by atoms with van der Waals surface area (Å²) in [6.45, 7) is 1.10. The number of pyridine rings is 1. The van der Waals surface area contributed by atoms with Crippen molar-refractivity contribution in [2.24, 2.45) is 17.8 Å². The van der Waals surface area contributed by atoms with E-state index in [4.69, 9.17) is 5.73 Å². The number of aromatic nitrogens is 1. The van der Waals surface area contributed by atoms with Gasteiger partial charge in [0, 0.05) is 24.5 Å². The van der Waals surface area contributed by atoms with Gasteiger partial charge in [0.1, 0.15) is 5.82 Å². The summed E-state index contributed by atoms with van der Waals surface area (Å²) >= 11 is 0. The maximum absolute atomic E-state index is 5.65. The second-order valence-electron chi connectivity index (χ2n) is 5.29. The van der Waals surface area contributed by atoms with Crippen LogP contribution < -0.4 is 11.1 Å². The standard InChI is InChI=1S/C13H19N3/c14-13-7-12(3-4-15-13)16-8-11-6-9-1-2-10(11)5-9/h3-4,7,9-11H,1-2,5-6,8H2,(H3,14,15,16). The van der Waals surface area contributed by atoms with Crippen LogP contribution in [-0.4, -0.2) is 11.5 Å². The summed E-state index contributed by atoms with van der Waals surface area (Å²) in [5.74, 6) is 3.49. The molecule has 3 N–H and O–H groups in total. The molecule has 2 fully saturated rings. The molecule has 2 saturated carbocycles. The second kappa shape index (κ2) is 3.96. The third kappa shape index (κ3) is 1.86. The van der Waals surface area contributed by atoms with Crippen LogP contribution in [0.15, 0.2) is 18.3 Å². The van der Waals surface area contributed by atoms with Crippen molar-refractivity contribution in [1.82, 2.24) is 4.98 Å². The Morgan fingerprint density at radius 3 is 3.00 bits per heavy atom. The maximum Gasteiger partial charge on any atom is 0.125 e. The minimum atomic E-state index is 0.595. The van der Waals surface area contributed by atoms with Gasteiger partial charge in [-0.1, -0.05) is 6.42 Å². The molecule has 2 aliphatic carbocycles. The smallest absolute Gasteiger partial charge is 0.125 e. The molecule has 3 rings (SSSR count). The molecule has 1 heterocycles. The number of hydrogen-bond donors (Lipinski definition) is 2. The third-order valence-corrected chi connectivity index (χ3v) is 4.23. The molecule has 0 saturated heterocycles. The monoisotopic (exact) mass is 217 g/mol. The Balaban J connectivity index is 1.57. The van der Waals surface area contributed by atoms with E-state index in [-0.39, 0.29) is 0 Å². The number of nitrogen functional groups attached to an aromatic ring is 1. The van der Waals surface area contributed by atoms with Crippen molar-refractivity contribution in [3.63, 3.8) is 0 Å². The molecule has 0 radical (unpaired) electrons. The normalized spacial score (nSPS) is 31.9. The minimum Gasteiger partial charge on any atom is -0.385 e. The van der Waals surface area contributed by atoms with Crippen LogP contribution >= 0.6 is 0 Å². The van der Waals surface area contributed by atoms with Gasteiger partial charge in [-0.15, -0.1) is 0 Å². The first-order valence-electron chi connectivity index (χ1n) is 6.26. The Labute approximate surface area is 96.4 Å². The van der Waals surface area contributed by atoms with E-state index in [9.17, 15) is 0 Å². The molecule has 0 spiro atoms. The zero-order chi connectivity index (χ0) is 11.0. The Hall–Kier alpha value is -1.25. The van der Waals surface area contributed by atoms with Gasteiger partial charge in [-0.25, -0.2) is 4.98 Å². The number of rotatable bonds is 3. The van der Waals surface area contributed by atoms with Crippen molar-refractivity contribution in [2.45, 2.75) is 25.7 Å². The number of anilines is 2. The Bertz CT molecular complexity index is 377. The number of hydrogen-bond acceptors (Lipinski definition) is 3. The van der Waals surface area contributed by atoms with E-state index in [2.05, 4.69) is 10.3 Å². The molecule has 3 unspecified atom stereocenters. The summed E-state index contributed by atoms with van der Waals surface area (Å²) in [5, 5.41) is 3.49. The fraction of sp³-hybridized carbons (Fsp3) is 0.615. The molecule has 0 aromatic carbocycles. The predicted octanol–water partition coefficient (Wildman–Crippen LogP) is 2.51. The van der Waals surface area contributed by atoms with Crippen molar-refractivity contribution in [3.05, 3.63) is 18.3 Å². The van der Waals surface area contributed by atoms with Crippen LogP contribution in [0.3, 0.4) is 0 Å². The molecule has 3 heteroatoms. The largest absolute Gasteiger partial charge is 0.385 e. The third-order valence-electron chi connectivity index (χ3n) is 4.23. The Kier molecular flexibility index (Phi) is 2.46. The topological polar surface area (TPSA) is 50.9 Å². The number of nitrogens with one attached hydrogen (secondary N) is 1. The summed E-state index contributed by atoms with van der Waals surface area (Å²) in [6, 6.07) is 3.90. The van der Waals surface area contributed by atoms with Gasteiger partial charge in [0.2, 0.25) is 0 Å². The van der Waals surface area contributed by atoms with E-state index >= 15 is 0 Å². The van der Waals surface area contributed by atoms with E-state index in [0.29, 0.717) is 5.82 Å². The first-order valence-corrected chi connectivity index (χ1v) is 6.26. The van der Waals surface area contributed by atoms with Crippen molar-refractivity contribution in [3.8, 4) is 0 Å². The molecule has 16 heavy (non-hydrogen) atoms. The van der Waals surface area contributed by atoms with Gasteiger partial charge >= 0.3 is 0 Å². The summed E-state index contributed by atoms with van der Waals surface area (Å²) in [4.78, 5) is 4.00. The van der Waals surface area contributed by atoms with Crippen LogP contribution in [0.5, 0.6) is 0 Å². The average molecular weight is 217 g/mol. The molecule has 3 nitrogen and oxygen atoms in total. The van der Waals surface area contributed by atoms with Gasteiger partial charge in [0.15, 0.2) is 0 Å². The van der Waals surface area contributed by atoms with Crippen LogP contribution in [0.4, 0.5) is 11.5 Å². The number of nitrogens with two attached hydrogens (primary N) is 1. The average Bonchev–Trinajstić information content (AvgIpc) is 2.88. The van der Waals surface area contributed by atoms with Crippen LogP contribution in [0.25, 0.3) is 0 Å². The maximum atomic E-state index is 5.65. The lowest BCUT2D eigenvalue weighted by atomic mass is 9.89. The fourth-order valence-electron chi connectivity index (χ4n) is 3.43. The van der Waals surface area contributed by atoms with Crippen LogP contribution in [-0.2, 0) is 0 Å². The van der Waals surface area contributed by atoms with Gasteiger partial charge < -0.3 is 11.1 Å². The van der Waals surface area contributed by atoms with Crippen molar-refractivity contribution in [2.75, 3.05) is 17.6 Å². The molecule has 3 atom stereocenters. The Morgan fingerprint density at radius 2 is 2.31 bits per heavy atom. The van der Waals surface area contributed by atoms with E-state index in [1.54, 1.807) is 6.20 Å². The molecular weight excluding hydrogens is 198 g/mol. The minimum absolute atomic E-state index is 0.595. The first-order chi connectivity index (χ1) is 7.81. The predicted molar refractivity (Wildman–Crippen MR) is 66.1 cm³/mol. The van der Waals surface area contributed by atoms with Gasteiger partial charge in [0.25, 0.3) is 0 Å². The van der Waals surface area contributed by atoms with Gasteiger partial charge in [0.05, 0.1) is 0 Å². The molecule has 1 aromatic heterocycles. The lowest BCUT2D eigenvalue weighted by Crippen LogP contribution is -2.20. The van der Waals surface area contributed by atoms with E-state index in [1.807, 2.05) is 12.1 Å². The quantitative estimate of drug-likeness (QED) is 0.818. The summed E-state index contributed by atoms with van der Waals surface area (Å²) < 4.78 is 0.